The number of carbonyl (C=O) groups excluding carboxylic acids is 3. The van der Waals surface area contributed by atoms with Crippen molar-refractivity contribution in [2.24, 2.45) is 5.92 Å². The maximum atomic E-state index is 12.9. The molecule has 2 aliphatic rings. The summed E-state index contributed by atoms with van der Waals surface area (Å²) in [5.41, 5.74) is 2.17. The molecule has 1 unspecified atom stereocenters. The fourth-order valence-corrected chi connectivity index (χ4v) is 5.69. The Morgan fingerprint density at radius 1 is 1.00 bits per heavy atom. The van der Waals surface area contributed by atoms with Gasteiger partial charge in [-0.15, -0.1) is 11.3 Å². The van der Waals surface area contributed by atoms with Crippen LogP contribution in [0.1, 0.15) is 54.4 Å². The normalized spacial score (nSPS) is 18.1. The lowest BCUT2D eigenvalue weighted by Gasteiger charge is -2.32. The predicted octanol–water partition coefficient (Wildman–Crippen LogP) is 4.23. The van der Waals surface area contributed by atoms with Gasteiger partial charge >= 0.3 is 0 Å². The summed E-state index contributed by atoms with van der Waals surface area (Å²) in [5, 5.41) is 5.16. The highest BCUT2D eigenvalue weighted by Gasteiger charge is 2.35. The highest BCUT2D eigenvalue weighted by Crippen LogP contribution is 2.25. The van der Waals surface area contributed by atoms with E-state index in [0.717, 1.165) is 38.0 Å². The summed E-state index contributed by atoms with van der Waals surface area (Å²) < 4.78 is 0. The number of fused-ring (bicyclic) bond motifs is 1. The van der Waals surface area contributed by atoms with Crippen molar-refractivity contribution in [2.75, 3.05) is 26.2 Å². The molecule has 0 aliphatic carbocycles. The van der Waals surface area contributed by atoms with Gasteiger partial charge < -0.3 is 5.32 Å². The van der Waals surface area contributed by atoms with E-state index in [4.69, 9.17) is 0 Å². The molecule has 0 radical (unpaired) electrons. The number of hydrogen-bond acceptors (Lipinski definition) is 5. The number of imide groups is 1. The summed E-state index contributed by atoms with van der Waals surface area (Å²) >= 11 is 1.78. The van der Waals surface area contributed by atoms with Crippen molar-refractivity contribution < 1.29 is 14.4 Å². The maximum Gasteiger partial charge on any atom is 0.261 e. The van der Waals surface area contributed by atoms with Crippen LogP contribution in [-0.2, 0) is 13.0 Å². The van der Waals surface area contributed by atoms with E-state index in [0.29, 0.717) is 42.1 Å². The Morgan fingerprint density at radius 3 is 2.63 bits per heavy atom. The zero-order valence-electron chi connectivity index (χ0n) is 19.6. The van der Waals surface area contributed by atoms with Crippen LogP contribution in [0.2, 0.25) is 0 Å². The first-order valence-corrected chi connectivity index (χ1v) is 13.0. The van der Waals surface area contributed by atoms with Crippen LogP contribution in [0.4, 0.5) is 0 Å². The number of piperidine rings is 1. The molecule has 3 amide bonds. The number of nitrogens with one attached hydrogen (secondary N) is 1. The highest BCUT2D eigenvalue weighted by atomic mass is 32.1. The van der Waals surface area contributed by atoms with Gasteiger partial charge in [-0.1, -0.05) is 36.4 Å². The van der Waals surface area contributed by atoms with Crippen molar-refractivity contribution in [2.45, 2.75) is 25.8 Å². The van der Waals surface area contributed by atoms with Crippen molar-refractivity contribution >= 4 is 29.1 Å². The van der Waals surface area contributed by atoms with Gasteiger partial charge in [-0.25, -0.2) is 0 Å². The molecule has 3 heterocycles. The highest BCUT2D eigenvalue weighted by molar-refractivity contribution is 7.09. The topological polar surface area (TPSA) is 69.7 Å². The van der Waals surface area contributed by atoms with Gasteiger partial charge in [0, 0.05) is 36.6 Å². The van der Waals surface area contributed by atoms with E-state index in [1.807, 2.05) is 30.3 Å². The van der Waals surface area contributed by atoms with E-state index in [1.165, 1.54) is 9.78 Å². The molecular weight excluding hydrogens is 458 g/mol. The van der Waals surface area contributed by atoms with Gasteiger partial charge in [0.2, 0.25) is 0 Å². The van der Waals surface area contributed by atoms with Gasteiger partial charge in [0.05, 0.1) is 11.1 Å². The Kier molecular flexibility index (Phi) is 7.06. The molecule has 7 heteroatoms. The largest absolute Gasteiger partial charge is 0.352 e. The molecule has 35 heavy (non-hydrogen) atoms. The first-order chi connectivity index (χ1) is 17.1. The molecule has 0 saturated carbocycles. The Hall–Kier alpha value is -3.29. The molecule has 2 aliphatic heterocycles. The van der Waals surface area contributed by atoms with Crippen molar-refractivity contribution in [3.8, 4) is 0 Å². The second-order valence-corrected chi connectivity index (χ2v) is 10.3. The van der Waals surface area contributed by atoms with Gasteiger partial charge in [0.15, 0.2) is 0 Å². The third-order valence-electron chi connectivity index (χ3n) is 6.81. The van der Waals surface area contributed by atoms with Crippen LogP contribution in [-0.4, -0.2) is 53.7 Å². The summed E-state index contributed by atoms with van der Waals surface area (Å²) in [4.78, 5) is 43.7. The first-order valence-electron chi connectivity index (χ1n) is 12.2. The fraction of sp³-hybridized carbons (Fsp3) is 0.321. The van der Waals surface area contributed by atoms with E-state index >= 15 is 0 Å². The molecule has 180 valence electrons. The summed E-state index contributed by atoms with van der Waals surface area (Å²) in [5.74, 6) is -0.419. The zero-order valence-corrected chi connectivity index (χ0v) is 20.4. The minimum Gasteiger partial charge on any atom is -0.352 e. The molecule has 3 aromatic rings. The smallest absolute Gasteiger partial charge is 0.261 e. The van der Waals surface area contributed by atoms with Crippen LogP contribution in [0.15, 0.2) is 66.0 Å². The molecule has 1 aromatic heterocycles. The van der Waals surface area contributed by atoms with Gasteiger partial charge in [-0.2, -0.15) is 0 Å². The van der Waals surface area contributed by atoms with Crippen LogP contribution in [0, 0.1) is 5.92 Å². The molecule has 6 nitrogen and oxygen atoms in total. The first kappa shape index (κ1) is 23.5. The molecule has 1 fully saturated rings. The van der Waals surface area contributed by atoms with Crippen LogP contribution in [0.3, 0.4) is 0 Å². The van der Waals surface area contributed by atoms with Crippen LogP contribution in [0.5, 0.6) is 0 Å². The van der Waals surface area contributed by atoms with Crippen LogP contribution >= 0.6 is 11.3 Å². The van der Waals surface area contributed by atoms with Gasteiger partial charge in [-0.05, 0) is 66.9 Å². The van der Waals surface area contributed by atoms with Crippen molar-refractivity contribution in [3.05, 3.63) is 93.2 Å². The maximum absolute atomic E-state index is 12.9. The molecule has 5 rings (SSSR count). The average Bonchev–Trinajstić information content (AvgIpc) is 3.48. The molecule has 1 N–H and O–H groups in total. The SMILES string of the molecule is O=C(NCC1CCCN(Cc2cccs2)C1)c1ccc2c(c1)C(=O)N(CCc1ccccc1)C2=O. The lowest BCUT2D eigenvalue weighted by atomic mass is 9.97. The molecule has 1 atom stereocenters. The van der Waals surface area contributed by atoms with E-state index in [2.05, 4.69) is 27.7 Å². The zero-order chi connectivity index (χ0) is 24.2. The number of amides is 3. The summed E-state index contributed by atoms with van der Waals surface area (Å²) in [6.07, 6.45) is 2.82. The summed E-state index contributed by atoms with van der Waals surface area (Å²) in [7, 11) is 0. The Bertz CT molecular complexity index is 1210. The Balaban J connectivity index is 1.17. The molecule has 1 saturated heterocycles. The standard InChI is InChI=1S/C28H29N3O3S/c32-26(29-17-21-8-4-13-30(18-21)19-23-9-5-15-35-23)22-10-11-24-25(16-22)28(34)31(27(24)33)14-12-20-6-2-1-3-7-20/h1-3,5-7,9-11,15-16,21H,4,8,12-14,17-19H2,(H,29,32). The molecule has 0 spiro atoms. The van der Waals surface area contributed by atoms with Crippen LogP contribution < -0.4 is 5.32 Å². The number of likely N-dealkylation sites (tertiary alicyclic amines) is 1. The Morgan fingerprint density at radius 2 is 1.83 bits per heavy atom. The molecule has 0 bridgehead atoms. The van der Waals surface area contributed by atoms with E-state index in [-0.39, 0.29) is 17.7 Å². The minimum absolute atomic E-state index is 0.203. The third-order valence-corrected chi connectivity index (χ3v) is 7.67. The van der Waals surface area contributed by atoms with E-state index < -0.39 is 0 Å². The lowest BCUT2D eigenvalue weighted by molar-refractivity contribution is 0.0656. The fourth-order valence-electron chi connectivity index (χ4n) is 4.94. The quantitative estimate of drug-likeness (QED) is 0.483. The molecular formula is C28H29N3O3S. The predicted molar refractivity (Wildman–Crippen MR) is 137 cm³/mol. The minimum atomic E-state index is -0.327. The van der Waals surface area contributed by atoms with Gasteiger partial charge in [0.25, 0.3) is 17.7 Å². The second kappa shape index (κ2) is 10.5. The number of carbonyl (C=O) groups is 3. The van der Waals surface area contributed by atoms with Crippen molar-refractivity contribution in [3.63, 3.8) is 0 Å². The van der Waals surface area contributed by atoms with E-state index in [1.54, 1.807) is 29.5 Å². The number of rotatable bonds is 8. The van der Waals surface area contributed by atoms with Gasteiger partial charge in [0.1, 0.15) is 0 Å². The lowest BCUT2D eigenvalue weighted by Crippen LogP contribution is -2.40. The van der Waals surface area contributed by atoms with Crippen molar-refractivity contribution in [1.82, 2.24) is 15.1 Å². The number of thiophene rings is 1. The molecule has 2 aromatic carbocycles. The second-order valence-electron chi connectivity index (χ2n) is 9.29. The number of hydrogen-bond donors (Lipinski definition) is 1. The monoisotopic (exact) mass is 487 g/mol. The van der Waals surface area contributed by atoms with Crippen molar-refractivity contribution in [1.29, 1.82) is 0 Å². The average molecular weight is 488 g/mol. The summed E-state index contributed by atoms with van der Waals surface area (Å²) in [6.45, 7) is 3.94. The third kappa shape index (κ3) is 5.36. The number of benzene rings is 2. The summed E-state index contributed by atoms with van der Waals surface area (Å²) in [6, 6.07) is 18.8. The van der Waals surface area contributed by atoms with Crippen LogP contribution in [0.25, 0.3) is 0 Å². The Labute approximate surface area is 209 Å². The van der Waals surface area contributed by atoms with E-state index in [9.17, 15) is 14.4 Å². The number of nitrogens with zero attached hydrogens (tertiary/aromatic N) is 2. The van der Waals surface area contributed by atoms with Gasteiger partial charge in [-0.3, -0.25) is 24.2 Å².